The topological polar surface area (TPSA) is 46.6 Å². The summed E-state index contributed by atoms with van der Waals surface area (Å²) in [4.78, 5) is 1.10. The maximum absolute atomic E-state index is 12.7. The molecule has 0 aromatic carbocycles. The van der Waals surface area contributed by atoms with Gasteiger partial charge in [0.25, 0.3) is 0 Å². The lowest BCUT2D eigenvalue weighted by molar-refractivity contribution is 0.0392. The van der Waals surface area contributed by atoms with Crippen LogP contribution >= 0.6 is 22.9 Å². The Labute approximate surface area is 117 Å². The molecule has 1 saturated heterocycles. The van der Waals surface area contributed by atoms with E-state index in [9.17, 15) is 8.42 Å². The minimum Gasteiger partial charge on any atom is -0.378 e. The lowest BCUT2D eigenvalue weighted by atomic mass is 10.3. The third-order valence-electron chi connectivity index (χ3n) is 2.98. The average molecular weight is 310 g/mol. The van der Waals surface area contributed by atoms with Crippen LogP contribution in [-0.2, 0) is 20.6 Å². The van der Waals surface area contributed by atoms with Crippen LogP contribution in [0.1, 0.15) is 17.4 Å². The Morgan fingerprint density at radius 2 is 2.33 bits per heavy atom. The highest BCUT2D eigenvalue weighted by atomic mass is 35.5. The van der Waals surface area contributed by atoms with Gasteiger partial charge < -0.3 is 4.74 Å². The van der Waals surface area contributed by atoms with E-state index < -0.39 is 10.0 Å². The zero-order chi connectivity index (χ0) is 13.3. The number of hydrogen-bond acceptors (Lipinski definition) is 4. The molecule has 0 N–H and O–H groups in total. The van der Waals surface area contributed by atoms with Crippen LogP contribution in [0.2, 0.25) is 0 Å². The highest BCUT2D eigenvalue weighted by Gasteiger charge is 2.34. The Kier molecular flexibility index (Phi) is 4.33. The van der Waals surface area contributed by atoms with Gasteiger partial charge in [0.2, 0.25) is 10.0 Å². The molecule has 1 fully saturated rings. The molecule has 0 amide bonds. The van der Waals surface area contributed by atoms with Crippen LogP contribution in [0.5, 0.6) is 0 Å². The van der Waals surface area contributed by atoms with Crippen LogP contribution in [0, 0.1) is 6.92 Å². The van der Waals surface area contributed by atoms with Gasteiger partial charge in [-0.15, -0.1) is 22.9 Å². The van der Waals surface area contributed by atoms with E-state index in [1.165, 1.54) is 15.6 Å². The molecule has 0 bridgehead atoms. The molecule has 0 aliphatic carbocycles. The van der Waals surface area contributed by atoms with Gasteiger partial charge in [0.1, 0.15) is 4.90 Å². The Hall–Kier alpha value is -0.140. The first-order chi connectivity index (χ1) is 8.48. The van der Waals surface area contributed by atoms with Crippen LogP contribution in [0.25, 0.3) is 0 Å². The molecule has 4 nitrogen and oxygen atoms in total. The number of ether oxygens (including phenoxy) is 1. The first-order valence-electron chi connectivity index (χ1n) is 5.71. The predicted octanol–water partition coefficient (Wildman–Crippen LogP) is 2.20. The van der Waals surface area contributed by atoms with Gasteiger partial charge in [-0.2, -0.15) is 4.31 Å². The van der Waals surface area contributed by atoms with E-state index in [4.69, 9.17) is 16.3 Å². The molecule has 0 saturated carbocycles. The van der Waals surface area contributed by atoms with E-state index >= 15 is 0 Å². The summed E-state index contributed by atoms with van der Waals surface area (Å²) in [5.41, 5.74) is 0.773. The monoisotopic (exact) mass is 309 g/mol. The molecule has 1 aliphatic heterocycles. The minimum atomic E-state index is -3.46. The van der Waals surface area contributed by atoms with Gasteiger partial charge in [-0.25, -0.2) is 8.42 Å². The van der Waals surface area contributed by atoms with E-state index in [-0.39, 0.29) is 11.9 Å². The zero-order valence-electron chi connectivity index (χ0n) is 10.3. The van der Waals surface area contributed by atoms with Crippen molar-refractivity contribution in [3.05, 3.63) is 15.8 Å². The molecule has 1 unspecified atom stereocenters. The summed E-state index contributed by atoms with van der Waals surface area (Å²) >= 11 is 7.23. The number of nitrogens with zero attached hydrogens (tertiary/aromatic N) is 1. The Balaban J connectivity index is 2.44. The SMILES string of the molecule is Cc1csc(CCl)c1S(=O)(=O)N1CCOCC1C. The van der Waals surface area contributed by atoms with Crippen molar-refractivity contribution in [3.63, 3.8) is 0 Å². The first kappa shape index (κ1) is 14.3. The molecule has 7 heteroatoms. The standard InChI is InChI=1S/C11H16ClNO3S2/c1-8-7-17-10(5-12)11(8)18(14,15)13-3-4-16-6-9(13)2/h7,9H,3-6H2,1-2H3. The molecule has 1 aliphatic rings. The van der Waals surface area contributed by atoms with E-state index in [1.807, 2.05) is 19.2 Å². The minimum absolute atomic E-state index is 0.133. The quantitative estimate of drug-likeness (QED) is 0.804. The molecular formula is C11H16ClNO3S2. The highest BCUT2D eigenvalue weighted by Crippen LogP contribution is 2.32. The molecule has 18 heavy (non-hydrogen) atoms. The van der Waals surface area contributed by atoms with Crippen molar-refractivity contribution in [2.75, 3.05) is 19.8 Å². The van der Waals surface area contributed by atoms with Crippen LogP contribution in [0.4, 0.5) is 0 Å². The molecule has 1 atom stereocenters. The highest BCUT2D eigenvalue weighted by molar-refractivity contribution is 7.89. The summed E-state index contributed by atoms with van der Waals surface area (Å²) < 4.78 is 32.2. The summed E-state index contributed by atoms with van der Waals surface area (Å²) in [5, 5.41) is 1.84. The Morgan fingerprint density at radius 3 is 2.94 bits per heavy atom. The molecule has 0 radical (unpaired) electrons. The Morgan fingerprint density at radius 1 is 1.61 bits per heavy atom. The van der Waals surface area contributed by atoms with Crippen LogP contribution in [0.3, 0.4) is 0 Å². The number of hydrogen-bond donors (Lipinski definition) is 0. The predicted molar refractivity (Wildman–Crippen MR) is 72.8 cm³/mol. The average Bonchev–Trinajstić information content (AvgIpc) is 2.71. The number of thiophene rings is 1. The second-order valence-corrected chi connectivity index (χ2v) is 7.40. The lowest BCUT2D eigenvalue weighted by Gasteiger charge is -2.32. The second kappa shape index (κ2) is 5.46. The molecule has 102 valence electrons. The van der Waals surface area contributed by atoms with E-state index in [1.54, 1.807) is 0 Å². The van der Waals surface area contributed by atoms with Gasteiger partial charge in [0, 0.05) is 17.5 Å². The van der Waals surface area contributed by atoms with E-state index in [0.29, 0.717) is 29.5 Å². The Bertz CT molecular complexity index is 526. The molecule has 2 heterocycles. The molecule has 2 rings (SSSR count). The van der Waals surface area contributed by atoms with Crippen molar-refractivity contribution in [3.8, 4) is 0 Å². The number of aryl methyl sites for hydroxylation is 1. The first-order valence-corrected chi connectivity index (χ1v) is 8.56. The zero-order valence-corrected chi connectivity index (χ0v) is 12.7. The van der Waals surface area contributed by atoms with Crippen LogP contribution in [0.15, 0.2) is 10.3 Å². The van der Waals surface area contributed by atoms with Crippen molar-refractivity contribution in [2.45, 2.75) is 30.7 Å². The van der Waals surface area contributed by atoms with Gasteiger partial charge in [-0.1, -0.05) is 0 Å². The van der Waals surface area contributed by atoms with E-state index in [2.05, 4.69) is 0 Å². The summed E-state index contributed by atoms with van der Waals surface area (Å²) in [5.74, 6) is 0.228. The third-order valence-corrected chi connectivity index (χ3v) is 6.89. The fraction of sp³-hybridized carbons (Fsp3) is 0.636. The number of morpholine rings is 1. The van der Waals surface area contributed by atoms with Crippen molar-refractivity contribution < 1.29 is 13.2 Å². The normalized spacial score (nSPS) is 22.3. The number of halogens is 1. The maximum Gasteiger partial charge on any atom is 0.244 e. The van der Waals surface area contributed by atoms with Crippen LogP contribution in [-0.4, -0.2) is 38.5 Å². The summed E-state index contributed by atoms with van der Waals surface area (Å²) in [6.45, 7) is 4.96. The molecule has 0 spiro atoms. The third kappa shape index (κ3) is 2.44. The maximum atomic E-state index is 12.7. The van der Waals surface area contributed by atoms with Crippen LogP contribution < -0.4 is 0 Å². The summed E-state index contributed by atoms with van der Waals surface area (Å²) in [7, 11) is -3.46. The lowest BCUT2D eigenvalue weighted by Crippen LogP contribution is -2.47. The molecular weight excluding hydrogens is 294 g/mol. The largest absolute Gasteiger partial charge is 0.378 e. The molecule has 1 aromatic rings. The van der Waals surface area contributed by atoms with Gasteiger partial charge in [0.05, 0.1) is 19.1 Å². The summed E-state index contributed by atoms with van der Waals surface area (Å²) in [6.07, 6.45) is 0. The fourth-order valence-corrected chi connectivity index (χ4v) is 5.73. The number of alkyl halides is 1. The summed E-state index contributed by atoms with van der Waals surface area (Å²) in [6, 6.07) is -0.133. The van der Waals surface area contributed by atoms with Gasteiger partial charge in [0.15, 0.2) is 0 Å². The van der Waals surface area contributed by atoms with Crippen molar-refractivity contribution in [1.82, 2.24) is 4.31 Å². The number of rotatable bonds is 3. The fourth-order valence-electron chi connectivity index (χ4n) is 2.11. The smallest absolute Gasteiger partial charge is 0.244 e. The van der Waals surface area contributed by atoms with E-state index in [0.717, 1.165) is 5.56 Å². The van der Waals surface area contributed by atoms with Crippen molar-refractivity contribution in [1.29, 1.82) is 0 Å². The second-order valence-electron chi connectivity index (χ2n) is 4.34. The van der Waals surface area contributed by atoms with Crippen molar-refractivity contribution >= 4 is 33.0 Å². The van der Waals surface area contributed by atoms with Crippen molar-refractivity contribution in [2.24, 2.45) is 0 Å². The van der Waals surface area contributed by atoms with Gasteiger partial charge in [-0.05, 0) is 24.8 Å². The van der Waals surface area contributed by atoms with Gasteiger partial charge >= 0.3 is 0 Å². The number of sulfonamides is 1. The molecule has 1 aromatic heterocycles. The van der Waals surface area contributed by atoms with Gasteiger partial charge in [-0.3, -0.25) is 0 Å².